The molecule has 2 aromatic rings. The minimum Gasteiger partial charge on any atom is -0.490 e. The molecule has 2 aromatic carbocycles. The molecule has 0 radical (unpaired) electrons. The van der Waals surface area contributed by atoms with E-state index in [0.717, 1.165) is 17.7 Å². The fourth-order valence-electron chi connectivity index (χ4n) is 2.73. The first kappa shape index (κ1) is 23.5. The van der Waals surface area contributed by atoms with Crippen molar-refractivity contribution in [2.24, 2.45) is 0 Å². The molecule has 6 nitrogen and oxygen atoms in total. The van der Waals surface area contributed by atoms with Gasteiger partial charge in [0, 0.05) is 17.3 Å². The predicted octanol–water partition coefficient (Wildman–Crippen LogP) is 4.98. The van der Waals surface area contributed by atoms with Crippen LogP contribution in [0.3, 0.4) is 0 Å². The van der Waals surface area contributed by atoms with Crippen molar-refractivity contribution in [1.82, 2.24) is 0 Å². The summed E-state index contributed by atoms with van der Waals surface area (Å²) < 4.78 is 32.6. The number of benzene rings is 2. The SMILES string of the molecule is CCCS(=O)(=O)Nc1cccc(NC(=O)C=Cc2ccccc2OC(C)CC)c1C. The molecule has 2 N–H and O–H groups in total. The second-order valence-corrected chi connectivity index (χ2v) is 8.94. The molecule has 1 amide bonds. The number of hydrogen-bond acceptors (Lipinski definition) is 4. The first-order valence-electron chi connectivity index (χ1n) is 10.1. The predicted molar refractivity (Wildman–Crippen MR) is 123 cm³/mol. The second-order valence-electron chi connectivity index (χ2n) is 7.10. The zero-order chi connectivity index (χ0) is 22.1. The molecule has 0 saturated heterocycles. The standard InChI is InChI=1S/C23H30N2O4S/c1-5-16-30(27,28)25-21-12-9-11-20(18(21)4)24-23(26)15-14-19-10-7-8-13-22(19)29-17(3)6-2/h7-15,17,25H,5-6,16H2,1-4H3,(H,24,26). The van der Waals surface area contributed by atoms with Crippen LogP contribution in [0.25, 0.3) is 6.08 Å². The van der Waals surface area contributed by atoms with Crippen LogP contribution in [-0.2, 0) is 14.8 Å². The summed E-state index contributed by atoms with van der Waals surface area (Å²) in [7, 11) is -3.41. The van der Waals surface area contributed by atoms with Crippen molar-refractivity contribution in [3.05, 3.63) is 59.7 Å². The molecule has 0 saturated carbocycles. The normalized spacial score (nSPS) is 12.5. The number of sulfonamides is 1. The molecule has 0 aromatic heterocycles. The van der Waals surface area contributed by atoms with E-state index < -0.39 is 10.0 Å². The van der Waals surface area contributed by atoms with Crippen molar-refractivity contribution in [3.63, 3.8) is 0 Å². The molecule has 0 aliphatic heterocycles. The molecule has 0 bridgehead atoms. The van der Waals surface area contributed by atoms with Crippen LogP contribution in [0.2, 0.25) is 0 Å². The van der Waals surface area contributed by atoms with E-state index in [2.05, 4.69) is 17.0 Å². The van der Waals surface area contributed by atoms with Crippen LogP contribution in [0, 0.1) is 6.92 Å². The van der Waals surface area contributed by atoms with Gasteiger partial charge >= 0.3 is 0 Å². The first-order valence-corrected chi connectivity index (χ1v) is 11.8. The van der Waals surface area contributed by atoms with Gasteiger partial charge in [-0.05, 0) is 56.5 Å². The lowest BCUT2D eigenvalue weighted by Gasteiger charge is -2.15. The maximum Gasteiger partial charge on any atom is 0.248 e. The summed E-state index contributed by atoms with van der Waals surface area (Å²) in [6, 6.07) is 12.6. The summed E-state index contributed by atoms with van der Waals surface area (Å²) in [6.07, 6.45) is 4.63. The maximum absolute atomic E-state index is 12.4. The van der Waals surface area contributed by atoms with E-state index in [1.807, 2.05) is 31.2 Å². The lowest BCUT2D eigenvalue weighted by molar-refractivity contribution is -0.111. The summed E-state index contributed by atoms with van der Waals surface area (Å²) in [5.74, 6) is 0.452. The lowest BCUT2D eigenvalue weighted by atomic mass is 10.1. The topological polar surface area (TPSA) is 84.5 Å². The summed E-state index contributed by atoms with van der Waals surface area (Å²) in [4.78, 5) is 12.4. The minimum atomic E-state index is -3.41. The number of ether oxygens (including phenoxy) is 1. The highest BCUT2D eigenvalue weighted by molar-refractivity contribution is 7.92. The van der Waals surface area contributed by atoms with Gasteiger partial charge in [-0.15, -0.1) is 0 Å². The van der Waals surface area contributed by atoms with Gasteiger partial charge in [0.05, 0.1) is 17.5 Å². The molecule has 0 aliphatic carbocycles. The first-order chi connectivity index (χ1) is 14.3. The maximum atomic E-state index is 12.4. The number of anilines is 2. The molecule has 1 unspecified atom stereocenters. The Bertz CT molecular complexity index is 1000. The van der Waals surface area contributed by atoms with Crippen LogP contribution in [0.15, 0.2) is 48.5 Å². The molecule has 0 heterocycles. The van der Waals surface area contributed by atoms with Crippen molar-refractivity contribution in [3.8, 4) is 5.75 Å². The minimum absolute atomic E-state index is 0.0455. The number of carbonyl (C=O) groups is 1. The molecule has 30 heavy (non-hydrogen) atoms. The number of para-hydroxylation sites is 1. The summed E-state index contributed by atoms with van der Waals surface area (Å²) in [5, 5.41) is 2.81. The molecule has 1 atom stereocenters. The Hall–Kier alpha value is -2.80. The number of amides is 1. The zero-order valence-electron chi connectivity index (χ0n) is 17.9. The van der Waals surface area contributed by atoms with Gasteiger partial charge in [0.1, 0.15) is 5.75 Å². The van der Waals surface area contributed by atoms with Crippen molar-refractivity contribution >= 4 is 33.4 Å². The largest absolute Gasteiger partial charge is 0.490 e. The van der Waals surface area contributed by atoms with Gasteiger partial charge in [0.15, 0.2) is 0 Å². The Kier molecular flexibility index (Phi) is 8.47. The van der Waals surface area contributed by atoms with E-state index in [-0.39, 0.29) is 17.8 Å². The third-order valence-electron chi connectivity index (χ3n) is 4.57. The Labute approximate surface area is 179 Å². The molecule has 7 heteroatoms. The van der Waals surface area contributed by atoms with Gasteiger partial charge in [0.25, 0.3) is 0 Å². The van der Waals surface area contributed by atoms with E-state index in [4.69, 9.17) is 4.74 Å². The van der Waals surface area contributed by atoms with Crippen LogP contribution >= 0.6 is 0 Å². The number of hydrogen-bond donors (Lipinski definition) is 2. The van der Waals surface area contributed by atoms with E-state index in [1.54, 1.807) is 38.1 Å². The fraction of sp³-hybridized carbons (Fsp3) is 0.348. The van der Waals surface area contributed by atoms with Crippen molar-refractivity contribution in [2.75, 3.05) is 15.8 Å². The summed E-state index contributed by atoms with van der Waals surface area (Å²) in [6.45, 7) is 7.62. The average molecular weight is 431 g/mol. The van der Waals surface area contributed by atoms with Crippen LogP contribution < -0.4 is 14.8 Å². The van der Waals surface area contributed by atoms with Crippen LogP contribution in [0.4, 0.5) is 11.4 Å². The van der Waals surface area contributed by atoms with Gasteiger partial charge < -0.3 is 10.1 Å². The van der Waals surface area contributed by atoms with Crippen LogP contribution in [0.5, 0.6) is 5.75 Å². The summed E-state index contributed by atoms with van der Waals surface area (Å²) in [5.41, 5.74) is 2.47. The van der Waals surface area contributed by atoms with E-state index in [0.29, 0.717) is 23.4 Å². The molecule has 162 valence electrons. The fourth-order valence-corrected chi connectivity index (χ4v) is 3.93. The van der Waals surface area contributed by atoms with Crippen molar-refractivity contribution in [2.45, 2.75) is 46.6 Å². The summed E-state index contributed by atoms with van der Waals surface area (Å²) >= 11 is 0. The molecule has 2 rings (SSSR count). The highest BCUT2D eigenvalue weighted by atomic mass is 32.2. The number of nitrogens with one attached hydrogen (secondary N) is 2. The number of rotatable bonds is 10. The zero-order valence-corrected chi connectivity index (χ0v) is 18.8. The van der Waals surface area contributed by atoms with E-state index >= 15 is 0 Å². The third kappa shape index (κ3) is 6.91. The van der Waals surface area contributed by atoms with Crippen LogP contribution in [-0.4, -0.2) is 26.2 Å². The number of carbonyl (C=O) groups excluding carboxylic acids is 1. The highest BCUT2D eigenvalue weighted by Crippen LogP contribution is 2.25. The Morgan fingerprint density at radius 2 is 1.80 bits per heavy atom. The van der Waals surface area contributed by atoms with Crippen LogP contribution in [0.1, 0.15) is 44.7 Å². The van der Waals surface area contributed by atoms with Gasteiger partial charge in [-0.3, -0.25) is 9.52 Å². The highest BCUT2D eigenvalue weighted by Gasteiger charge is 2.13. The monoisotopic (exact) mass is 430 g/mol. The van der Waals surface area contributed by atoms with Gasteiger partial charge in [-0.2, -0.15) is 0 Å². The van der Waals surface area contributed by atoms with Crippen molar-refractivity contribution < 1.29 is 17.9 Å². The molecular weight excluding hydrogens is 400 g/mol. The van der Waals surface area contributed by atoms with Gasteiger partial charge in [0.2, 0.25) is 15.9 Å². The van der Waals surface area contributed by atoms with E-state index in [9.17, 15) is 13.2 Å². The lowest BCUT2D eigenvalue weighted by Crippen LogP contribution is -2.17. The Morgan fingerprint density at radius 3 is 2.50 bits per heavy atom. The average Bonchev–Trinajstić information content (AvgIpc) is 2.70. The van der Waals surface area contributed by atoms with Gasteiger partial charge in [-0.25, -0.2) is 8.42 Å². The Morgan fingerprint density at radius 1 is 1.10 bits per heavy atom. The smallest absolute Gasteiger partial charge is 0.248 e. The van der Waals surface area contributed by atoms with Crippen molar-refractivity contribution in [1.29, 1.82) is 0 Å². The van der Waals surface area contributed by atoms with E-state index in [1.165, 1.54) is 6.08 Å². The molecule has 0 fully saturated rings. The van der Waals surface area contributed by atoms with Gasteiger partial charge in [-0.1, -0.05) is 38.1 Å². The molecule has 0 spiro atoms. The molecular formula is C23H30N2O4S. The quantitative estimate of drug-likeness (QED) is 0.521. The molecule has 0 aliphatic rings. The third-order valence-corrected chi connectivity index (χ3v) is 6.04. The second kappa shape index (κ2) is 10.8. The Balaban J connectivity index is 2.13.